The Morgan fingerprint density at radius 1 is 1.28 bits per heavy atom. The predicted molar refractivity (Wildman–Crippen MR) is 110 cm³/mol. The van der Waals surface area contributed by atoms with Gasteiger partial charge in [0.1, 0.15) is 22.8 Å². The molecule has 0 radical (unpaired) electrons. The largest absolute Gasteiger partial charge is 0.502 e. The van der Waals surface area contributed by atoms with E-state index in [4.69, 9.17) is 4.74 Å². The van der Waals surface area contributed by atoms with Crippen LogP contribution >= 0.6 is 11.3 Å². The lowest BCUT2D eigenvalue weighted by molar-refractivity contribution is 0.0122. The third-order valence-corrected chi connectivity index (χ3v) is 6.50. The molecule has 0 saturated carbocycles. The molecular weight excluding hydrogens is 444 g/mol. The maximum absolute atomic E-state index is 14.0. The quantitative estimate of drug-likeness (QED) is 0.628. The number of carbonyl (C=O) groups is 1. The van der Waals surface area contributed by atoms with E-state index in [9.17, 15) is 23.5 Å². The van der Waals surface area contributed by atoms with Crippen LogP contribution in [0.3, 0.4) is 0 Å². The van der Waals surface area contributed by atoms with Crippen molar-refractivity contribution in [1.29, 1.82) is 0 Å². The van der Waals surface area contributed by atoms with Crippen LogP contribution in [0.25, 0.3) is 10.6 Å². The monoisotopic (exact) mass is 461 g/mol. The number of pyridine rings is 1. The molecule has 0 unspecified atom stereocenters. The summed E-state index contributed by atoms with van der Waals surface area (Å²) in [4.78, 5) is 27.1. The van der Waals surface area contributed by atoms with Crippen LogP contribution in [0, 0.1) is 11.6 Å². The summed E-state index contributed by atoms with van der Waals surface area (Å²) in [7, 11) is 1.58. The van der Waals surface area contributed by atoms with Gasteiger partial charge < -0.3 is 14.7 Å². The molecule has 2 aliphatic rings. The van der Waals surface area contributed by atoms with Crippen molar-refractivity contribution in [3.63, 3.8) is 0 Å². The minimum atomic E-state index is -0.750. The zero-order valence-electron chi connectivity index (χ0n) is 16.8. The van der Waals surface area contributed by atoms with E-state index >= 15 is 0 Å². The summed E-state index contributed by atoms with van der Waals surface area (Å²) < 4.78 is 34.1. The number of fused-ring (bicyclic) bond motifs is 3. The van der Waals surface area contributed by atoms with Crippen LogP contribution in [-0.2, 0) is 11.2 Å². The number of carbonyl (C=O) groups excluding carboxylic acids is 1. The second-order valence-corrected chi connectivity index (χ2v) is 8.52. The molecule has 1 amide bonds. The van der Waals surface area contributed by atoms with E-state index in [0.717, 1.165) is 23.5 Å². The Morgan fingerprint density at radius 3 is 2.88 bits per heavy atom. The lowest BCUT2D eigenvalue weighted by Gasteiger charge is -2.47. The average Bonchev–Trinajstić information content (AvgIpc) is 3.24. The number of aromatic nitrogens is 3. The number of halogens is 2. The SMILES string of the molecule is CN1C(=O)c2c(O)c(=O)c(-c3nnc(Cc4ccc(F)cc4F)s3)cn2N2CCOC[C@H]12. The Kier molecular flexibility index (Phi) is 4.90. The van der Waals surface area contributed by atoms with Gasteiger partial charge in [0.25, 0.3) is 5.91 Å². The van der Waals surface area contributed by atoms with Crippen LogP contribution < -0.4 is 10.4 Å². The third kappa shape index (κ3) is 3.22. The van der Waals surface area contributed by atoms with E-state index in [1.54, 1.807) is 7.05 Å². The highest BCUT2D eigenvalue weighted by Crippen LogP contribution is 2.30. The maximum atomic E-state index is 14.0. The normalized spacial score (nSPS) is 18.0. The zero-order chi connectivity index (χ0) is 22.6. The van der Waals surface area contributed by atoms with Gasteiger partial charge in [0.2, 0.25) is 5.43 Å². The van der Waals surface area contributed by atoms with Crippen LogP contribution in [0.5, 0.6) is 5.75 Å². The Morgan fingerprint density at radius 2 is 2.09 bits per heavy atom. The van der Waals surface area contributed by atoms with Gasteiger partial charge in [0.15, 0.2) is 16.5 Å². The van der Waals surface area contributed by atoms with Crippen LogP contribution in [0.1, 0.15) is 21.1 Å². The van der Waals surface area contributed by atoms with Crippen LogP contribution in [0.2, 0.25) is 0 Å². The van der Waals surface area contributed by atoms with Gasteiger partial charge in [-0.15, -0.1) is 10.2 Å². The van der Waals surface area contributed by atoms with Gasteiger partial charge in [-0.05, 0) is 11.6 Å². The number of hydrogen-bond donors (Lipinski definition) is 1. The Bertz CT molecular complexity index is 1290. The Labute approximate surface area is 184 Å². The van der Waals surface area contributed by atoms with Crippen LogP contribution in [0.4, 0.5) is 8.78 Å². The van der Waals surface area contributed by atoms with E-state index in [1.165, 1.54) is 21.8 Å². The molecule has 166 valence electrons. The molecule has 1 N–H and O–H groups in total. The first-order chi connectivity index (χ1) is 15.3. The number of nitrogens with zero attached hydrogens (tertiary/aromatic N) is 5. The number of hydrogen-bond acceptors (Lipinski definition) is 8. The minimum Gasteiger partial charge on any atom is -0.502 e. The summed E-state index contributed by atoms with van der Waals surface area (Å²) in [6, 6.07) is 3.27. The summed E-state index contributed by atoms with van der Waals surface area (Å²) >= 11 is 1.05. The summed E-state index contributed by atoms with van der Waals surface area (Å²) in [6.07, 6.45) is 1.14. The number of benzene rings is 1. The highest BCUT2D eigenvalue weighted by atomic mass is 32.1. The van der Waals surface area contributed by atoms with Gasteiger partial charge in [-0.1, -0.05) is 17.4 Å². The smallest absolute Gasteiger partial charge is 0.277 e. The number of ether oxygens (including phenoxy) is 1. The third-order valence-electron chi connectivity index (χ3n) is 5.54. The number of morpholine rings is 1. The lowest BCUT2D eigenvalue weighted by Crippen LogP contribution is -2.64. The van der Waals surface area contributed by atoms with Crippen LogP contribution in [0.15, 0.2) is 29.2 Å². The first-order valence-corrected chi connectivity index (χ1v) is 10.5. The number of amides is 1. The summed E-state index contributed by atoms with van der Waals surface area (Å²) in [5.41, 5.74) is -0.570. The summed E-state index contributed by atoms with van der Waals surface area (Å²) in [6.45, 7) is 1.16. The van der Waals surface area contributed by atoms with Crippen LogP contribution in [-0.4, -0.2) is 63.8 Å². The molecule has 12 heteroatoms. The molecule has 1 aromatic carbocycles. The second-order valence-electron chi connectivity index (χ2n) is 7.46. The molecule has 1 atom stereocenters. The number of likely N-dealkylation sites (N-methyl/N-ethyl adjacent to an activating group) is 1. The van der Waals surface area contributed by atoms with Gasteiger partial charge in [-0.25, -0.2) is 8.78 Å². The van der Waals surface area contributed by atoms with E-state index in [2.05, 4.69) is 10.2 Å². The molecular formula is C20H17F2N5O4S. The molecule has 1 fully saturated rings. The molecule has 32 heavy (non-hydrogen) atoms. The molecule has 9 nitrogen and oxygen atoms in total. The minimum absolute atomic E-state index is 0.0663. The van der Waals surface area contributed by atoms with Crippen molar-refractivity contribution in [1.82, 2.24) is 19.8 Å². The number of rotatable bonds is 3. The Balaban J connectivity index is 1.55. The van der Waals surface area contributed by atoms with Gasteiger partial charge in [0, 0.05) is 25.7 Å². The van der Waals surface area contributed by atoms with E-state index in [-0.39, 0.29) is 41.0 Å². The average molecular weight is 461 g/mol. The first kappa shape index (κ1) is 20.5. The molecule has 0 aliphatic carbocycles. The standard InChI is InChI=1S/C20H17F2N5O4S/c1-25-15-9-31-5-4-26(15)27-8-12(17(28)18(29)16(27)20(25)30)19-24-23-14(32-19)6-10-2-3-11(21)7-13(10)22/h2-3,7-8,15,29H,4-6,9H2,1H3/t15-/m1/s1. The predicted octanol–water partition coefficient (Wildman–Crippen LogP) is 1.32. The van der Waals surface area contributed by atoms with E-state index in [0.29, 0.717) is 18.2 Å². The second kappa shape index (κ2) is 7.64. The lowest BCUT2D eigenvalue weighted by atomic mass is 10.1. The maximum Gasteiger partial charge on any atom is 0.277 e. The zero-order valence-corrected chi connectivity index (χ0v) is 17.6. The van der Waals surface area contributed by atoms with Gasteiger partial charge in [0.05, 0.1) is 25.3 Å². The van der Waals surface area contributed by atoms with E-state index < -0.39 is 28.7 Å². The molecule has 1 saturated heterocycles. The molecule has 3 aromatic rings. The first-order valence-electron chi connectivity index (χ1n) is 9.72. The molecule has 5 rings (SSSR count). The van der Waals surface area contributed by atoms with Crippen molar-refractivity contribution in [2.75, 3.05) is 31.8 Å². The highest BCUT2D eigenvalue weighted by molar-refractivity contribution is 7.14. The molecule has 0 bridgehead atoms. The number of aromatic hydroxyl groups is 1. The summed E-state index contributed by atoms with van der Waals surface area (Å²) in [5, 5.41) is 21.1. The van der Waals surface area contributed by atoms with Gasteiger partial charge in [-0.3, -0.25) is 19.3 Å². The van der Waals surface area contributed by atoms with Crippen molar-refractivity contribution in [2.24, 2.45) is 0 Å². The highest BCUT2D eigenvalue weighted by Gasteiger charge is 2.40. The van der Waals surface area contributed by atoms with Gasteiger partial charge in [-0.2, -0.15) is 0 Å². The fourth-order valence-electron chi connectivity index (χ4n) is 3.85. The van der Waals surface area contributed by atoms with Crippen molar-refractivity contribution in [3.8, 4) is 16.3 Å². The fraction of sp³-hybridized carbons (Fsp3) is 0.300. The van der Waals surface area contributed by atoms with Crippen molar-refractivity contribution >= 4 is 17.2 Å². The summed E-state index contributed by atoms with van der Waals surface area (Å²) in [5.74, 6) is -2.55. The molecule has 0 spiro atoms. The molecule has 2 aromatic heterocycles. The Hall–Kier alpha value is -3.38. The van der Waals surface area contributed by atoms with Gasteiger partial charge >= 0.3 is 0 Å². The fourth-order valence-corrected chi connectivity index (χ4v) is 4.72. The van der Waals surface area contributed by atoms with Crippen molar-refractivity contribution in [2.45, 2.75) is 12.6 Å². The van der Waals surface area contributed by atoms with Crippen molar-refractivity contribution < 1.29 is 23.4 Å². The molecule has 2 aliphatic heterocycles. The van der Waals surface area contributed by atoms with Crippen molar-refractivity contribution in [3.05, 3.63) is 62.5 Å². The topological polar surface area (TPSA) is 101 Å². The molecule has 4 heterocycles. The van der Waals surface area contributed by atoms with E-state index in [1.807, 2.05) is 5.01 Å².